The Hall–Kier alpha value is -12.0. The summed E-state index contributed by atoms with van der Waals surface area (Å²) in [4.78, 5) is 11.5. The largest absolute Gasteiger partial charge is 0.309 e. The van der Waals surface area contributed by atoms with Crippen LogP contribution < -0.4 is 0 Å². The van der Waals surface area contributed by atoms with Gasteiger partial charge in [-0.05, 0) is 172 Å². The highest BCUT2D eigenvalue weighted by Crippen LogP contribution is 2.46. The van der Waals surface area contributed by atoms with E-state index in [-0.39, 0.29) is 0 Å². The molecule has 2 heterocycles. The molecule has 0 bridgehead atoms. The van der Waals surface area contributed by atoms with Crippen LogP contribution >= 0.6 is 0 Å². The first-order valence-corrected chi connectivity index (χ1v) is 26.1. The Morgan fingerprint density at radius 2 is 0.728 bits per heavy atom. The number of hydrogen-bond acceptors (Lipinski definition) is 3. The van der Waals surface area contributed by atoms with Gasteiger partial charge in [-0.25, -0.2) is 14.5 Å². The van der Waals surface area contributed by atoms with E-state index in [1.165, 1.54) is 0 Å². The number of benzene rings is 11. The van der Waals surface area contributed by atoms with Crippen molar-refractivity contribution in [2.75, 3.05) is 0 Å². The van der Waals surface area contributed by atoms with Gasteiger partial charge in [-0.3, -0.25) is 0 Å². The predicted octanol–water partition coefficient (Wildman–Crippen LogP) is 19.5. The van der Waals surface area contributed by atoms with Gasteiger partial charge in [0.05, 0.1) is 88.1 Å². The molecule has 0 aliphatic rings. The van der Waals surface area contributed by atoms with Crippen LogP contribution in [-0.4, -0.2) is 9.13 Å². The van der Waals surface area contributed by atoms with Gasteiger partial charge in [0.25, 0.3) is 0 Å². The molecule has 0 saturated heterocycles. The van der Waals surface area contributed by atoms with Crippen molar-refractivity contribution in [3.8, 4) is 96.3 Å². The Balaban J connectivity index is 1.12. The minimum absolute atomic E-state index is 0.465. The van der Waals surface area contributed by atoms with Crippen LogP contribution in [0.25, 0.3) is 136 Å². The van der Waals surface area contributed by atoms with Crippen molar-refractivity contribution in [1.29, 1.82) is 15.8 Å². The maximum atomic E-state index is 10.8. The van der Waals surface area contributed by atoms with Crippen LogP contribution in [0.3, 0.4) is 0 Å². The Morgan fingerprint density at radius 1 is 0.321 bits per heavy atom. The third-order valence-corrected chi connectivity index (χ3v) is 15.3. The molecule has 0 aliphatic carbocycles. The van der Waals surface area contributed by atoms with Crippen LogP contribution in [0.5, 0.6) is 0 Å². The second kappa shape index (κ2) is 19.8. The quantitative estimate of drug-likeness (QED) is 0.142. The molecule has 0 amide bonds. The average molecular weight is 1030 g/mol. The Bertz CT molecular complexity index is 4870. The van der Waals surface area contributed by atoms with E-state index in [4.69, 9.17) is 19.7 Å². The fourth-order valence-corrected chi connectivity index (χ4v) is 11.4. The first-order chi connectivity index (χ1) is 39.7. The normalized spacial score (nSPS) is 11.0. The predicted molar refractivity (Wildman–Crippen MR) is 325 cm³/mol. The van der Waals surface area contributed by atoms with E-state index in [0.29, 0.717) is 33.8 Å². The minimum Gasteiger partial charge on any atom is -0.309 e. The molecule has 0 aliphatic heterocycles. The summed E-state index contributed by atoms with van der Waals surface area (Å²) in [5.74, 6) is 0. The Labute approximate surface area is 467 Å². The number of rotatable bonds is 8. The summed E-state index contributed by atoms with van der Waals surface area (Å²) in [6.45, 7) is 25.9. The van der Waals surface area contributed by atoms with Gasteiger partial charge in [-0.1, -0.05) is 121 Å². The van der Waals surface area contributed by atoms with Gasteiger partial charge in [-0.15, -0.1) is 0 Å². The van der Waals surface area contributed by atoms with Crippen molar-refractivity contribution in [3.63, 3.8) is 0 Å². The van der Waals surface area contributed by atoms with Gasteiger partial charge in [0.2, 0.25) is 0 Å². The van der Waals surface area contributed by atoms with Crippen LogP contribution in [0.15, 0.2) is 224 Å². The number of aryl methyl sites for hydroxylation is 1. The molecule has 81 heavy (non-hydrogen) atoms. The highest BCUT2D eigenvalue weighted by atomic mass is 15.0. The van der Waals surface area contributed by atoms with Gasteiger partial charge in [0.1, 0.15) is 0 Å². The zero-order valence-corrected chi connectivity index (χ0v) is 43.4. The smallest absolute Gasteiger partial charge is 0.195 e. The molecule has 13 aromatic rings. The number of nitriles is 3. The maximum Gasteiger partial charge on any atom is 0.195 e. The lowest BCUT2D eigenvalue weighted by molar-refractivity contribution is 1.16. The third-order valence-electron chi connectivity index (χ3n) is 15.3. The molecule has 0 radical (unpaired) electrons. The summed E-state index contributed by atoms with van der Waals surface area (Å²) in [5, 5.41) is 34.5. The molecule has 2 aromatic heterocycles. The van der Waals surface area contributed by atoms with Crippen molar-refractivity contribution in [1.82, 2.24) is 9.13 Å². The maximum absolute atomic E-state index is 10.8. The number of aromatic nitrogens is 2. The monoisotopic (exact) mass is 1030 g/mol. The first-order valence-electron chi connectivity index (χ1n) is 26.1. The van der Waals surface area contributed by atoms with Crippen LogP contribution in [0.2, 0.25) is 0 Å². The van der Waals surface area contributed by atoms with E-state index >= 15 is 0 Å². The number of nitrogens with zero attached hydrogens (tertiary/aromatic N) is 8. The van der Waals surface area contributed by atoms with E-state index in [1.54, 1.807) is 18.2 Å². The van der Waals surface area contributed by atoms with Crippen LogP contribution in [0.1, 0.15) is 22.3 Å². The number of hydrogen-bond donors (Lipinski definition) is 0. The van der Waals surface area contributed by atoms with Gasteiger partial charge in [0.15, 0.2) is 17.1 Å². The molecule has 0 unspecified atom stereocenters. The zero-order chi connectivity index (χ0) is 55.3. The van der Waals surface area contributed by atoms with Gasteiger partial charge < -0.3 is 9.13 Å². The van der Waals surface area contributed by atoms with Crippen LogP contribution in [-0.2, 0) is 0 Å². The second-order valence-corrected chi connectivity index (χ2v) is 20.0. The van der Waals surface area contributed by atoms with E-state index in [2.05, 4.69) is 133 Å². The standard InChI is InChI=1S/C73H40N8/c1-45-17-24-60(67(31-45)79-4)57-23-30-68(80-69-26-19-53(49-11-5-9-46(32-49)42-74)37-63(69)64-39-55(21-27-70(64)80)51-13-7-15-58(35-51)77-2)62(41-57)61-25-18-48(44-76)34-73(61)81-71-28-20-54(50-12-6-10-47(33-50)43-75)38-65(71)66-40-56(22-29-72(66)81)52-14-8-16-59(36-52)78-3/h5-41H,1H3. The SMILES string of the molecule is [C-]#[N+]c1cccc(-c2ccc3c(c2)c2cc(-c4cccc(C#N)c4)ccc2n3-c2ccc(-c3ccc(C)cc3[N+]#[C-])cc2-c2ccc(C#N)cc2-n2c3ccc(-c4cccc(C#N)c4)cc3c3cc(-c4cccc([N+]#[C-])c4)ccc32)c1. The van der Waals surface area contributed by atoms with Crippen LogP contribution in [0.4, 0.5) is 17.1 Å². The van der Waals surface area contributed by atoms with E-state index in [0.717, 1.165) is 127 Å². The lowest BCUT2D eigenvalue weighted by Crippen LogP contribution is -2.02. The Morgan fingerprint density at radius 3 is 1.19 bits per heavy atom. The highest BCUT2D eigenvalue weighted by Gasteiger charge is 2.24. The molecular weight excluding hydrogens is 989 g/mol. The number of fused-ring (bicyclic) bond motifs is 6. The first kappa shape index (κ1) is 48.6. The van der Waals surface area contributed by atoms with Crippen molar-refractivity contribution < 1.29 is 0 Å². The summed E-state index contributed by atoms with van der Waals surface area (Å²) in [5.41, 5.74) is 20.2. The summed E-state index contributed by atoms with van der Waals surface area (Å²) >= 11 is 0. The molecule has 372 valence electrons. The highest BCUT2D eigenvalue weighted by molar-refractivity contribution is 6.14. The fraction of sp³-hybridized carbons (Fsp3) is 0.0137. The van der Waals surface area contributed by atoms with Gasteiger partial charge in [0, 0.05) is 32.7 Å². The van der Waals surface area contributed by atoms with Gasteiger partial charge >= 0.3 is 0 Å². The molecule has 0 N–H and O–H groups in total. The molecule has 0 atom stereocenters. The summed E-state index contributed by atoms with van der Waals surface area (Å²) < 4.78 is 4.53. The summed E-state index contributed by atoms with van der Waals surface area (Å²) in [6, 6.07) is 81.3. The molecular formula is C73H40N8. The molecule has 0 saturated carbocycles. The zero-order valence-electron chi connectivity index (χ0n) is 43.4. The topological polar surface area (TPSA) is 94.3 Å². The average Bonchev–Trinajstić information content (AvgIpc) is 4.26. The van der Waals surface area contributed by atoms with E-state index in [1.807, 2.05) is 122 Å². The van der Waals surface area contributed by atoms with E-state index in [9.17, 15) is 15.8 Å². The fourth-order valence-electron chi connectivity index (χ4n) is 11.4. The molecule has 8 heteroatoms. The third kappa shape index (κ3) is 8.46. The second-order valence-electron chi connectivity index (χ2n) is 20.0. The molecule has 13 rings (SSSR count). The van der Waals surface area contributed by atoms with Crippen molar-refractivity contribution in [3.05, 3.63) is 281 Å². The molecule has 8 nitrogen and oxygen atoms in total. The molecule has 0 fully saturated rings. The van der Waals surface area contributed by atoms with Crippen molar-refractivity contribution >= 4 is 60.7 Å². The lowest BCUT2D eigenvalue weighted by atomic mass is 9.94. The lowest BCUT2D eigenvalue weighted by Gasteiger charge is -2.20. The van der Waals surface area contributed by atoms with Crippen LogP contribution in [0, 0.1) is 60.6 Å². The summed E-state index contributed by atoms with van der Waals surface area (Å²) in [6.07, 6.45) is 0. The van der Waals surface area contributed by atoms with Crippen molar-refractivity contribution in [2.24, 2.45) is 0 Å². The molecule has 0 spiro atoms. The molecule has 11 aromatic carbocycles. The van der Waals surface area contributed by atoms with E-state index < -0.39 is 0 Å². The summed E-state index contributed by atoms with van der Waals surface area (Å²) in [7, 11) is 0. The van der Waals surface area contributed by atoms with Gasteiger partial charge in [-0.2, -0.15) is 15.8 Å². The van der Waals surface area contributed by atoms with Crippen molar-refractivity contribution in [2.45, 2.75) is 6.92 Å². The Kier molecular flexibility index (Phi) is 11.9. The minimum atomic E-state index is 0.465.